The van der Waals surface area contributed by atoms with Gasteiger partial charge in [-0.2, -0.15) is 0 Å². The van der Waals surface area contributed by atoms with Gasteiger partial charge in [0.15, 0.2) is 0 Å². The molecule has 4 nitrogen and oxygen atoms in total. The topological polar surface area (TPSA) is 58.2 Å². The van der Waals surface area contributed by atoms with E-state index in [2.05, 4.69) is 10.6 Å². The van der Waals surface area contributed by atoms with Gasteiger partial charge >= 0.3 is 0 Å². The molecule has 0 aliphatic heterocycles. The van der Waals surface area contributed by atoms with Crippen molar-refractivity contribution < 1.29 is 22.8 Å². The van der Waals surface area contributed by atoms with Crippen molar-refractivity contribution in [3.8, 4) is 0 Å². The minimum atomic E-state index is -2.66. The summed E-state index contributed by atoms with van der Waals surface area (Å²) in [6.45, 7) is 2.42. The van der Waals surface area contributed by atoms with E-state index in [9.17, 15) is 22.8 Å². The molecule has 2 aromatic carbocycles. The number of benzene rings is 2. The van der Waals surface area contributed by atoms with Gasteiger partial charge in [0.1, 0.15) is 10.0 Å². The largest absolute Gasteiger partial charge is 0.349 e. The Hall–Kier alpha value is -1.96. The molecular weight excluding hydrogens is 488 g/mol. The van der Waals surface area contributed by atoms with Crippen LogP contribution in [0.4, 0.5) is 18.9 Å². The molecule has 0 radical (unpaired) electrons. The minimum Gasteiger partial charge on any atom is -0.349 e. The smallest absolute Gasteiger partial charge is 0.263 e. The van der Waals surface area contributed by atoms with Crippen molar-refractivity contribution in [3.05, 3.63) is 64.2 Å². The summed E-state index contributed by atoms with van der Waals surface area (Å²) in [6, 6.07) is 9.84. The number of hydrogen-bond donors (Lipinski definition) is 2. The Morgan fingerprint density at radius 3 is 2.47 bits per heavy atom. The molecule has 1 aliphatic rings. The van der Waals surface area contributed by atoms with E-state index in [4.69, 9.17) is 34.8 Å². The van der Waals surface area contributed by atoms with E-state index >= 15 is 0 Å². The van der Waals surface area contributed by atoms with E-state index in [1.807, 2.05) is 0 Å². The molecule has 2 amide bonds. The van der Waals surface area contributed by atoms with Gasteiger partial charge in [0.05, 0.1) is 23.0 Å². The zero-order valence-corrected chi connectivity index (χ0v) is 19.3. The van der Waals surface area contributed by atoms with Crippen molar-refractivity contribution in [1.82, 2.24) is 5.32 Å². The van der Waals surface area contributed by atoms with Crippen molar-refractivity contribution in [1.29, 1.82) is 0 Å². The lowest BCUT2D eigenvalue weighted by molar-refractivity contribution is -0.117. The SMILES string of the molecule is CC(C)(F)CNC(=O)c1cc(NC(=O)C2C(c3cccc(C(F)F)c3)C2(Cl)Cl)ccc1Cl. The molecule has 0 bridgehead atoms. The first-order chi connectivity index (χ1) is 14.8. The monoisotopic (exact) mass is 506 g/mol. The highest BCUT2D eigenvalue weighted by Gasteiger charge is 2.67. The second-order valence-electron chi connectivity index (χ2n) is 8.19. The maximum absolute atomic E-state index is 13.7. The van der Waals surface area contributed by atoms with Crippen LogP contribution in [0.2, 0.25) is 5.02 Å². The fourth-order valence-corrected chi connectivity index (χ4v) is 4.37. The molecule has 1 aliphatic carbocycles. The molecule has 2 unspecified atom stereocenters. The number of carbonyl (C=O) groups excluding carboxylic acids is 2. The van der Waals surface area contributed by atoms with E-state index in [1.54, 1.807) is 6.07 Å². The van der Waals surface area contributed by atoms with Crippen molar-refractivity contribution in [2.24, 2.45) is 5.92 Å². The van der Waals surface area contributed by atoms with Crippen LogP contribution in [0.25, 0.3) is 0 Å². The summed E-state index contributed by atoms with van der Waals surface area (Å²) in [5, 5.41) is 5.18. The number of alkyl halides is 5. The Labute approximate surface area is 198 Å². The van der Waals surface area contributed by atoms with E-state index < -0.39 is 40.1 Å². The van der Waals surface area contributed by atoms with Gasteiger partial charge in [-0.15, -0.1) is 23.2 Å². The number of halogens is 6. The third-order valence-electron chi connectivity index (χ3n) is 5.01. The summed E-state index contributed by atoms with van der Waals surface area (Å²) in [4.78, 5) is 25.1. The van der Waals surface area contributed by atoms with Gasteiger partial charge in [0.25, 0.3) is 12.3 Å². The summed E-state index contributed by atoms with van der Waals surface area (Å²) in [5.74, 6) is -2.71. The standard InChI is InChI=1S/C22H20Cl3F3N2O2/c1-21(2,28)10-29-19(31)14-9-13(6-7-15(14)23)30-20(32)17-16(22(17,24)25)11-4-3-5-12(8-11)18(26)27/h3-9,16-18H,10H2,1-2H3,(H,29,31)(H,30,32). The van der Waals surface area contributed by atoms with Crippen LogP contribution in [-0.4, -0.2) is 28.4 Å². The summed E-state index contributed by atoms with van der Waals surface area (Å²) >= 11 is 18.6. The molecule has 2 atom stereocenters. The predicted octanol–water partition coefficient (Wildman–Crippen LogP) is 6.28. The Morgan fingerprint density at radius 1 is 1.16 bits per heavy atom. The molecule has 10 heteroatoms. The molecule has 0 spiro atoms. The lowest BCUT2D eigenvalue weighted by atomic mass is 10.1. The number of nitrogens with one attached hydrogen (secondary N) is 2. The second kappa shape index (κ2) is 9.12. The molecular formula is C22H20Cl3F3N2O2. The fraction of sp³-hybridized carbons (Fsp3) is 0.364. The Bertz CT molecular complexity index is 1040. The highest BCUT2D eigenvalue weighted by molar-refractivity contribution is 6.53. The molecule has 2 N–H and O–H groups in total. The third-order valence-corrected chi connectivity index (χ3v) is 6.28. The zero-order chi connectivity index (χ0) is 23.8. The van der Waals surface area contributed by atoms with Gasteiger partial charge in [0, 0.05) is 17.2 Å². The van der Waals surface area contributed by atoms with Gasteiger partial charge < -0.3 is 10.6 Å². The van der Waals surface area contributed by atoms with Crippen LogP contribution in [-0.2, 0) is 4.79 Å². The maximum atomic E-state index is 13.7. The Morgan fingerprint density at radius 2 is 1.84 bits per heavy atom. The van der Waals surface area contributed by atoms with Crippen LogP contribution in [0.15, 0.2) is 42.5 Å². The molecule has 2 aromatic rings. The average Bonchev–Trinajstić information content (AvgIpc) is 3.29. The predicted molar refractivity (Wildman–Crippen MR) is 120 cm³/mol. The third kappa shape index (κ3) is 5.50. The van der Waals surface area contributed by atoms with Gasteiger partial charge in [-0.25, -0.2) is 13.2 Å². The number of hydrogen-bond acceptors (Lipinski definition) is 2. The lowest BCUT2D eigenvalue weighted by Gasteiger charge is -2.15. The van der Waals surface area contributed by atoms with E-state index in [0.29, 0.717) is 5.56 Å². The van der Waals surface area contributed by atoms with Crippen LogP contribution in [0, 0.1) is 5.92 Å². The molecule has 172 valence electrons. The molecule has 1 fully saturated rings. The van der Waals surface area contributed by atoms with Crippen LogP contribution < -0.4 is 10.6 Å². The first kappa shape index (κ1) is 24.7. The summed E-state index contributed by atoms with van der Waals surface area (Å²) < 4.78 is 38.2. The molecule has 0 saturated heterocycles. The fourth-order valence-electron chi connectivity index (χ4n) is 3.34. The molecule has 0 aromatic heterocycles. The summed E-state index contributed by atoms with van der Waals surface area (Å²) in [6.07, 6.45) is -2.66. The van der Waals surface area contributed by atoms with Crippen LogP contribution in [0.1, 0.15) is 47.7 Å². The van der Waals surface area contributed by atoms with Crippen molar-refractivity contribution in [2.75, 3.05) is 11.9 Å². The quantitative estimate of drug-likeness (QED) is 0.433. The molecule has 1 saturated carbocycles. The number of rotatable bonds is 7. The maximum Gasteiger partial charge on any atom is 0.263 e. The summed E-state index contributed by atoms with van der Waals surface area (Å²) in [7, 11) is 0. The van der Waals surface area contributed by atoms with E-state index in [-0.39, 0.29) is 28.4 Å². The molecule has 0 heterocycles. The van der Waals surface area contributed by atoms with Crippen LogP contribution in [0.5, 0.6) is 0 Å². The Balaban J connectivity index is 1.75. The highest BCUT2D eigenvalue weighted by Crippen LogP contribution is 2.65. The molecule has 32 heavy (non-hydrogen) atoms. The van der Waals surface area contributed by atoms with Crippen molar-refractivity contribution >= 4 is 52.3 Å². The van der Waals surface area contributed by atoms with E-state index in [1.165, 1.54) is 50.2 Å². The highest BCUT2D eigenvalue weighted by atomic mass is 35.5. The number of amides is 2. The minimum absolute atomic E-state index is 0.0497. The zero-order valence-electron chi connectivity index (χ0n) is 17.1. The van der Waals surface area contributed by atoms with Crippen LogP contribution in [0.3, 0.4) is 0 Å². The van der Waals surface area contributed by atoms with Gasteiger partial charge in [-0.3, -0.25) is 9.59 Å². The van der Waals surface area contributed by atoms with E-state index in [0.717, 1.165) is 0 Å². The average molecular weight is 508 g/mol. The first-order valence-electron chi connectivity index (χ1n) is 9.64. The second-order valence-corrected chi connectivity index (χ2v) is 10.0. The lowest BCUT2D eigenvalue weighted by Crippen LogP contribution is -2.35. The van der Waals surface area contributed by atoms with Crippen molar-refractivity contribution in [2.45, 2.75) is 36.2 Å². The summed E-state index contributed by atoms with van der Waals surface area (Å²) in [5.41, 5.74) is -1.07. The van der Waals surface area contributed by atoms with Crippen molar-refractivity contribution in [3.63, 3.8) is 0 Å². The number of anilines is 1. The normalized spacial score (nSPS) is 19.5. The van der Waals surface area contributed by atoms with Crippen LogP contribution >= 0.6 is 34.8 Å². The van der Waals surface area contributed by atoms with Gasteiger partial charge in [-0.05, 0) is 43.7 Å². The Kier molecular flexibility index (Phi) is 7.03. The van der Waals surface area contributed by atoms with Gasteiger partial charge in [-0.1, -0.05) is 29.8 Å². The molecule has 3 rings (SSSR count). The van der Waals surface area contributed by atoms with Gasteiger partial charge in [0.2, 0.25) is 5.91 Å². The number of carbonyl (C=O) groups is 2. The first-order valence-corrected chi connectivity index (χ1v) is 10.8.